The molecule has 0 spiro atoms. The van der Waals surface area contributed by atoms with Gasteiger partial charge >= 0.3 is 47.1 Å². The van der Waals surface area contributed by atoms with Crippen LogP contribution in [0.4, 0.5) is 5.69 Å². The molecule has 0 N–H and O–H groups in total. The normalized spacial score (nSPS) is 8.93. The predicted octanol–water partition coefficient (Wildman–Crippen LogP) is 2.55. The standard InChI is InChI=1S/C6H3Cl2N2.4ClH.Fe/c7-4-1-2-6(10-9)5(8)3-4;;;;;/h1-3H;4*1H;/q+1;;;;;+3/p-4. The predicted molar refractivity (Wildman–Crippen MR) is 58.8 cm³/mol. The fourth-order valence-corrected chi connectivity index (χ4v) is 1.01. The van der Waals surface area contributed by atoms with E-state index >= 15 is 0 Å². The first kappa shape index (κ1) is 18.3. The number of nitrogens with zero attached hydrogens (tertiary/aromatic N) is 2. The van der Waals surface area contributed by atoms with Gasteiger partial charge in [0.25, 0.3) is 0 Å². The Balaban J connectivity index is 0. The van der Waals surface area contributed by atoms with E-state index in [2.05, 4.69) is 4.98 Å². The van der Waals surface area contributed by atoms with Crippen molar-refractivity contribution in [1.29, 1.82) is 5.39 Å². The molecule has 0 amide bonds. The number of rotatable bonds is 0. The average molecular weight is 372 g/mol. The fraction of sp³-hybridized carbons (Fsp3) is 0. The Kier molecular flexibility index (Phi) is 12.3. The molecule has 9 heteroatoms. The third-order valence-corrected chi connectivity index (χ3v) is 1.56. The van der Waals surface area contributed by atoms with Crippen LogP contribution >= 0.6 is 53.5 Å². The number of hydrogen-bond acceptors (Lipinski definition) is 1. The van der Waals surface area contributed by atoms with Crippen molar-refractivity contribution < 1.29 is 23.6 Å². The number of hydrogen-bond donors (Lipinski definition) is 0. The van der Waals surface area contributed by atoms with E-state index in [1.807, 2.05) is 0 Å². The average Bonchev–Trinajstić information content (AvgIpc) is 2.03. The Morgan fingerprint density at radius 3 is 1.93 bits per heavy atom. The summed E-state index contributed by atoms with van der Waals surface area (Å²) in [5.41, 5.74) is 0.325. The van der Waals surface area contributed by atoms with Crippen LogP contribution in [-0.2, 0) is 11.2 Å². The van der Waals surface area contributed by atoms with E-state index in [-0.39, 0.29) is 12.4 Å². The second-order valence-electron chi connectivity index (χ2n) is 1.85. The van der Waals surface area contributed by atoms with Crippen molar-refractivity contribution in [3.8, 4) is 0 Å². The van der Waals surface area contributed by atoms with Gasteiger partial charge in [0, 0.05) is 11.1 Å². The third kappa shape index (κ3) is 9.81. The number of halogens is 6. The molecule has 1 aromatic carbocycles. The first-order valence-electron chi connectivity index (χ1n) is 2.94. The topological polar surface area (TPSA) is 28.1 Å². The molecule has 0 radical (unpaired) electrons. The van der Waals surface area contributed by atoms with Crippen LogP contribution in [0.1, 0.15) is 0 Å². The summed E-state index contributed by atoms with van der Waals surface area (Å²) >= 11 is 9.82. The second-order valence-corrected chi connectivity index (χ2v) is 8.16. The van der Waals surface area contributed by atoms with Gasteiger partial charge in [-0.25, -0.2) is 0 Å². The van der Waals surface area contributed by atoms with Gasteiger partial charge in [0.1, 0.15) is 5.02 Å². The zero-order chi connectivity index (χ0) is 11.1. The van der Waals surface area contributed by atoms with Gasteiger partial charge in [-0.15, -0.1) is 0 Å². The minimum atomic E-state index is -1.33. The molecular weight excluding hydrogens is 369 g/mol. The van der Waals surface area contributed by atoms with Gasteiger partial charge in [0.2, 0.25) is 5.39 Å². The van der Waals surface area contributed by atoms with Crippen LogP contribution in [0.3, 0.4) is 0 Å². The van der Waals surface area contributed by atoms with E-state index in [1.54, 1.807) is 6.07 Å². The Bertz CT molecular complexity index is 336. The van der Waals surface area contributed by atoms with Crippen LogP contribution in [0.5, 0.6) is 0 Å². The summed E-state index contributed by atoms with van der Waals surface area (Å²) in [6.45, 7) is 0. The van der Waals surface area contributed by atoms with E-state index in [0.29, 0.717) is 15.7 Å². The SMILES string of the molecule is N#[N+]c1ccc(Cl)cc1Cl.[Cl-].[Cl][Fe]([Cl])[Cl]. The molecule has 0 heterocycles. The first-order chi connectivity index (χ1) is 6.47. The van der Waals surface area contributed by atoms with Crippen molar-refractivity contribution in [2.75, 3.05) is 0 Å². The monoisotopic (exact) mass is 369 g/mol. The second kappa shape index (κ2) is 10.1. The molecule has 0 unspecified atom stereocenters. The zero-order valence-electron chi connectivity index (χ0n) is 6.75. The van der Waals surface area contributed by atoms with E-state index in [0.717, 1.165) is 0 Å². The van der Waals surface area contributed by atoms with E-state index in [4.69, 9.17) is 58.9 Å². The molecule has 87 valence electrons. The van der Waals surface area contributed by atoms with Crippen molar-refractivity contribution in [2.45, 2.75) is 0 Å². The summed E-state index contributed by atoms with van der Waals surface area (Å²) in [5, 5.41) is 9.17. The van der Waals surface area contributed by atoms with Crippen LogP contribution in [0, 0.1) is 5.39 Å². The summed E-state index contributed by atoms with van der Waals surface area (Å²) in [4.78, 5) is 2.92. The molecule has 0 aliphatic rings. The molecule has 2 nitrogen and oxygen atoms in total. The van der Waals surface area contributed by atoms with Crippen LogP contribution in [0.25, 0.3) is 4.98 Å². The molecule has 15 heavy (non-hydrogen) atoms. The van der Waals surface area contributed by atoms with Gasteiger partial charge in [-0.2, -0.15) is 0 Å². The summed E-state index contributed by atoms with van der Waals surface area (Å²) in [6.07, 6.45) is 0. The molecule has 1 aromatic rings. The maximum absolute atomic E-state index is 8.31. The maximum atomic E-state index is 8.31. The zero-order valence-corrected chi connectivity index (χ0v) is 12.4. The van der Waals surface area contributed by atoms with Gasteiger partial charge in [0.05, 0.1) is 0 Å². The molecule has 0 atom stereocenters. The van der Waals surface area contributed by atoms with Crippen LogP contribution in [0.2, 0.25) is 10.0 Å². The minimum absolute atomic E-state index is 0. The van der Waals surface area contributed by atoms with Crippen molar-refractivity contribution in [3.05, 3.63) is 33.2 Å². The van der Waals surface area contributed by atoms with Crippen molar-refractivity contribution in [3.63, 3.8) is 0 Å². The quantitative estimate of drug-likeness (QED) is 0.509. The van der Waals surface area contributed by atoms with E-state index in [9.17, 15) is 0 Å². The molecule has 0 bridgehead atoms. The van der Waals surface area contributed by atoms with Crippen molar-refractivity contribution >= 4 is 59.2 Å². The summed E-state index contributed by atoms with van der Waals surface area (Å²) in [7, 11) is 14.7. The number of benzene rings is 1. The van der Waals surface area contributed by atoms with Crippen LogP contribution < -0.4 is 12.4 Å². The van der Waals surface area contributed by atoms with Gasteiger partial charge in [-0.1, -0.05) is 23.2 Å². The van der Waals surface area contributed by atoms with Crippen molar-refractivity contribution in [1.82, 2.24) is 0 Å². The van der Waals surface area contributed by atoms with Crippen molar-refractivity contribution in [2.24, 2.45) is 0 Å². The Hall–Kier alpha value is 0.899. The van der Waals surface area contributed by atoms with Crippen LogP contribution in [-0.4, -0.2) is 0 Å². The molecule has 0 aromatic heterocycles. The molecule has 0 saturated carbocycles. The van der Waals surface area contributed by atoms with Gasteiger partial charge in [0.15, 0.2) is 4.98 Å². The Morgan fingerprint density at radius 1 is 1.13 bits per heavy atom. The molecule has 1 rings (SSSR count). The summed E-state index contributed by atoms with van der Waals surface area (Å²) < 4.78 is 0. The van der Waals surface area contributed by atoms with Gasteiger partial charge in [-0.3, -0.25) is 0 Å². The molecule has 0 aliphatic heterocycles. The molecule has 0 fully saturated rings. The van der Waals surface area contributed by atoms with Gasteiger partial charge in [-0.05, 0) is 12.1 Å². The number of diazo groups is 1. The Labute approximate surface area is 120 Å². The molecule has 0 aliphatic carbocycles. The van der Waals surface area contributed by atoms with Gasteiger partial charge < -0.3 is 12.4 Å². The molecule has 0 saturated heterocycles. The summed E-state index contributed by atoms with van der Waals surface area (Å²) in [6, 6.07) is 4.64. The van der Waals surface area contributed by atoms with Crippen LogP contribution in [0.15, 0.2) is 18.2 Å². The fourth-order valence-electron chi connectivity index (χ4n) is 0.562. The third-order valence-electron chi connectivity index (χ3n) is 1.02. The van der Waals surface area contributed by atoms with E-state index < -0.39 is 11.2 Å². The Morgan fingerprint density at radius 2 is 1.60 bits per heavy atom. The first-order valence-corrected chi connectivity index (χ1v) is 8.25. The summed E-state index contributed by atoms with van der Waals surface area (Å²) in [5.74, 6) is 0. The molecular formula is C6H3Cl6FeN2. The van der Waals surface area contributed by atoms with E-state index in [1.165, 1.54) is 12.1 Å².